The monoisotopic (exact) mass is 369 g/mol. The van der Waals surface area contributed by atoms with E-state index < -0.39 is 5.97 Å². The number of piperidine rings is 1. The lowest BCUT2D eigenvalue weighted by atomic mass is 9.96. The van der Waals surface area contributed by atoms with Crippen molar-refractivity contribution in [1.82, 2.24) is 4.90 Å². The van der Waals surface area contributed by atoms with Gasteiger partial charge < -0.3 is 10.0 Å². The first-order valence-electron chi connectivity index (χ1n) is 9.32. The molecule has 1 saturated heterocycles. The number of rotatable bonds is 6. The lowest BCUT2D eigenvalue weighted by molar-refractivity contribution is -0.143. The Bertz CT molecular complexity index is 793. The van der Waals surface area contributed by atoms with Crippen molar-refractivity contribution in [2.45, 2.75) is 33.1 Å². The second kappa shape index (κ2) is 8.65. The van der Waals surface area contributed by atoms with E-state index in [0.29, 0.717) is 6.54 Å². The average molecular weight is 370 g/mol. The molecule has 1 fully saturated rings. The first-order chi connectivity index (χ1) is 12.6. The van der Waals surface area contributed by atoms with E-state index in [1.54, 1.807) is 11.3 Å². The van der Waals surface area contributed by atoms with Crippen LogP contribution in [-0.4, -0.2) is 35.6 Å². The van der Waals surface area contributed by atoms with Crippen LogP contribution in [-0.2, 0) is 4.79 Å². The molecule has 2 aromatic rings. The summed E-state index contributed by atoms with van der Waals surface area (Å²) >= 11 is 1.79. The highest BCUT2D eigenvalue weighted by Gasteiger charge is 2.24. The van der Waals surface area contributed by atoms with Gasteiger partial charge in [0.1, 0.15) is 0 Å². The fourth-order valence-corrected chi connectivity index (χ4v) is 4.68. The molecule has 0 bridgehead atoms. The van der Waals surface area contributed by atoms with Gasteiger partial charge in [0.15, 0.2) is 0 Å². The minimum Gasteiger partial charge on any atom is -0.481 e. The lowest BCUT2D eigenvalue weighted by Crippen LogP contribution is -2.39. The Hall–Kier alpha value is -1.91. The number of hydrogen-bond acceptors (Lipinski definition) is 3. The Balaban J connectivity index is 1.77. The summed E-state index contributed by atoms with van der Waals surface area (Å²) in [6.45, 7) is 6.94. The topological polar surface area (TPSA) is 40.5 Å². The molecular weight excluding hydrogens is 342 g/mol. The maximum atomic E-state index is 11.3. The SMILES string of the molecule is Cc1ccccc1/C(=C\CCN1CCC[C@@H](C(=O)O)C1)c1sccc1C. The molecule has 138 valence electrons. The maximum absolute atomic E-state index is 11.3. The van der Waals surface area contributed by atoms with Gasteiger partial charge in [-0.3, -0.25) is 4.79 Å². The van der Waals surface area contributed by atoms with E-state index >= 15 is 0 Å². The average Bonchev–Trinajstić information content (AvgIpc) is 3.06. The van der Waals surface area contributed by atoms with Crippen molar-refractivity contribution in [1.29, 1.82) is 0 Å². The quantitative estimate of drug-likeness (QED) is 0.780. The summed E-state index contributed by atoms with van der Waals surface area (Å²) in [5, 5.41) is 11.4. The Morgan fingerprint density at radius 3 is 2.77 bits per heavy atom. The molecule has 1 aromatic heterocycles. The molecule has 0 aliphatic carbocycles. The van der Waals surface area contributed by atoms with E-state index in [2.05, 4.69) is 60.5 Å². The van der Waals surface area contributed by atoms with Crippen LogP contribution in [0.5, 0.6) is 0 Å². The van der Waals surface area contributed by atoms with Crippen molar-refractivity contribution in [3.8, 4) is 0 Å². The number of nitrogens with zero attached hydrogens (tertiary/aromatic N) is 1. The van der Waals surface area contributed by atoms with Gasteiger partial charge in [0, 0.05) is 18.0 Å². The lowest BCUT2D eigenvalue weighted by Gasteiger charge is -2.30. The molecule has 0 amide bonds. The summed E-state index contributed by atoms with van der Waals surface area (Å²) in [4.78, 5) is 14.9. The predicted molar refractivity (Wildman–Crippen MR) is 109 cm³/mol. The number of thiophene rings is 1. The van der Waals surface area contributed by atoms with E-state index in [4.69, 9.17) is 0 Å². The summed E-state index contributed by atoms with van der Waals surface area (Å²) in [5.41, 5.74) is 5.20. The number of hydrogen-bond donors (Lipinski definition) is 1. The minimum atomic E-state index is -0.653. The molecule has 0 radical (unpaired) electrons. The van der Waals surface area contributed by atoms with Crippen molar-refractivity contribution in [3.63, 3.8) is 0 Å². The number of carboxylic acids is 1. The van der Waals surface area contributed by atoms with E-state index in [-0.39, 0.29) is 5.92 Å². The van der Waals surface area contributed by atoms with Gasteiger partial charge in [-0.2, -0.15) is 0 Å². The zero-order chi connectivity index (χ0) is 18.5. The van der Waals surface area contributed by atoms with Crippen molar-refractivity contribution in [3.05, 3.63) is 63.4 Å². The molecule has 4 heteroatoms. The first-order valence-corrected chi connectivity index (χ1v) is 10.2. The molecule has 0 spiro atoms. The zero-order valence-electron chi connectivity index (χ0n) is 15.6. The van der Waals surface area contributed by atoms with Crippen LogP contribution in [0.1, 0.15) is 40.8 Å². The van der Waals surface area contributed by atoms with Gasteiger partial charge >= 0.3 is 5.97 Å². The second-order valence-corrected chi connectivity index (χ2v) is 8.05. The summed E-state index contributed by atoms with van der Waals surface area (Å²) in [7, 11) is 0. The van der Waals surface area contributed by atoms with Crippen LogP contribution < -0.4 is 0 Å². The summed E-state index contributed by atoms with van der Waals surface area (Å²) in [5.74, 6) is -0.858. The predicted octanol–water partition coefficient (Wildman–Crippen LogP) is 4.98. The van der Waals surface area contributed by atoms with Gasteiger partial charge in [-0.1, -0.05) is 30.3 Å². The smallest absolute Gasteiger partial charge is 0.307 e. The molecule has 1 aromatic carbocycles. The molecule has 1 atom stereocenters. The van der Waals surface area contributed by atoms with Crippen LogP contribution >= 0.6 is 11.3 Å². The highest BCUT2D eigenvalue weighted by atomic mass is 32.1. The van der Waals surface area contributed by atoms with Crippen LogP contribution in [0.15, 0.2) is 41.8 Å². The molecule has 2 heterocycles. The highest BCUT2D eigenvalue weighted by Crippen LogP contribution is 2.32. The normalized spacial score (nSPS) is 18.8. The molecule has 3 nitrogen and oxygen atoms in total. The number of likely N-dealkylation sites (tertiary alicyclic amines) is 1. The molecule has 1 aliphatic heterocycles. The largest absolute Gasteiger partial charge is 0.481 e. The Morgan fingerprint density at radius 2 is 2.08 bits per heavy atom. The minimum absolute atomic E-state index is 0.205. The number of carboxylic acid groups (broad SMARTS) is 1. The van der Waals surface area contributed by atoms with Crippen LogP contribution in [0, 0.1) is 19.8 Å². The van der Waals surface area contributed by atoms with Gasteiger partial charge in [0.25, 0.3) is 0 Å². The van der Waals surface area contributed by atoms with Crippen LogP contribution in [0.2, 0.25) is 0 Å². The molecule has 1 N–H and O–H groups in total. The maximum Gasteiger partial charge on any atom is 0.307 e. The zero-order valence-corrected chi connectivity index (χ0v) is 16.4. The summed E-state index contributed by atoms with van der Waals surface area (Å²) in [6.07, 6.45) is 5.07. The second-order valence-electron chi connectivity index (χ2n) is 7.13. The number of carbonyl (C=O) groups is 1. The standard InChI is InChI=1S/C22H27NO2S/c1-16-7-3-4-9-19(16)20(21-17(2)11-14-26-21)10-6-13-23-12-5-8-18(15-23)22(24)25/h3-4,7,9-11,14,18H,5-6,8,12-13,15H2,1-2H3,(H,24,25)/b20-10+/t18-/m1/s1. The first kappa shape index (κ1) is 18.9. The van der Waals surface area contributed by atoms with E-state index in [1.165, 1.54) is 27.1 Å². The number of aliphatic carboxylic acids is 1. The van der Waals surface area contributed by atoms with E-state index in [9.17, 15) is 9.90 Å². The van der Waals surface area contributed by atoms with E-state index in [1.807, 2.05) is 0 Å². The number of benzene rings is 1. The Morgan fingerprint density at radius 1 is 1.27 bits per heavy atom. The molecule has 0 unspecified atom stereocenters. The fourth-order valence-electron chi connectivity index (χ4n) is 3.70. The molecule has 0 saturated carbocycles. The van der Waals surface area contributed by atoms with Crippen molar-refractivity contribution in [2.75, 3.05) is 19.6 Å². The van der Waals surface area contributed by atoms with Gasteiger partial charge in [0.05, 0.1) is 5.92 Å². The van der Waals surface area contributed by atoms with Crippen molar-refractivity contribution < 1.29 is 9.90 Å². The molecular formula is C22H27NO2S. The summed E-state index contributed by atoms with van der Waals surface area (Å²) < 4.78 is 0. The molecule has 3 rings (SSSR count). The molecule has 1 aliphatic rings. The van der Waals surface area contributed by atoms with Crippen LogP contribution in [0.4, 0.5) is 0 Å². The van der Waals surface area contributed by atoms with Gasteiger partial charge in [-0.25, -0.2) is 0 Å². The fraction of sp³-hybridized carbons (Fsp3) is 0.409. The number of aryl methyl sites for hydroxylation is 2. The Kier molecular flexibility index (Phi) is 6.28. The van der Waals surface area contributed by atoms with Crippen LogP contribution in [0.25, 0.3) is 5.57 Å². The van der Waals surface area contributed by atoms with Gasteiger partial charge in [0.2, 0.25) is 0 Å². The Labute approximate surface area is 160 Å². The van der Waals surface area contributed by atoms with Gasteiger partial charge in [-0.15, -0.1) is 11.3 Å². The van der Waals surface area contributed by atoms with E-state index in [0.717, 1.165) is 32.4 Å². The summed E-state index contributed by atoms with van der Waals surface area (Å²) in [6, 6.07) is 10.7. The molecule has 26 heavy (non-hydrogen) atoms. The van der Waals surface area contributed by atoms with Crippen LogP contribution in [0.3, 0.4) is 0 Å². The highest BCUT2D eigenvalue weighted by molar-refractivity contribution is 7.11. The third kappa shape index (κ3) is 4.43. The third-order valence-corrected chi connectivity index (χ3v) is 6.24. The third-order valence-electron chi connectivity index (χ3n) is 5.19. The van der Waals surface area contributed by atoms with Crippen molar-refractivity contribution in [2.24, 2.45) is 5.92 Å². The van der Waals surface area contributed by atoms with Gasteiger partial charge in [-0.05, 0) is 73.4 Å². The van der Waals surface area contributed by atoms with Crippen molar-refractivity contribution >= 4 is 22.9 Å².